The minimum absolute atomic E-state index is 0.0328. The molecule has 148 valence electrons. The van der Waals surface area contributed by atoms with E-state index in [4.69, 9.17) is 0 Å². The fourth-order valence-electron chi connectivity index (χ4n) is 3.17. The Morgan fingerprint density at radius 1 is 1.21 bits per heavy atom. The van der Waals surface area contributed by atoms with Gasteiger partial charge in [-0.1, -0.05) is 38.0 Å². The highest BCUT2D eigenvalue weighted by molar-refractivity contribution is 8.00. The second-order valence-corrected chi connectivity index (χ2v) is 7.68. The lowest BCUT2D eigenvalue weighted by molar-refractivity contribution is -0.116. The first-order valence-electron chi connectivity index (χ1n) is 9.28. The van der Waals surface area contributed by atoms with Gasteiger partial charge in [0.25, 0.3) is 0 Å². The number of carbonyl (C=O) groups is 2. The summed E-state index contributed by atoms with van der Waals surface area (Å²) in [5.74, 6) is -1.65. The van der Waals surface area contributed by atoms with Gasteiger partial charge in [0.15, 0.2) is 0 Å². The van der Waals surface area contributed by atoms with Gasteiger partial charge in [-0.15, -0.1) is 11.8 Å². The molecule has 0 aromatic heterocycles. The van der Waals surface area contributed by atoms with Crippen molar-refractivity contribution in [3.8, 4) is 0 Å². The van der Waals surface area contributed by atoms with E-state index in [0.29, 0.717) is 17.7 Å². The Labute approximate surface area is 167 Å². The van der Waals surface area contributed by atoms with Gasteiger partial charge < -0.3 is 5.32 Å². The summed E-state index contributed by atoms with van der Waals surface area (Å²) in [6.07, 6.45) is 3.26. The van der Waals surface area contributed by atoms with Crippen molar-refractivity contribution in [2.45, 2.75) is 38.0 Å². The standard InChI is InChI=1S/C21H22F2N2O2S/c1-2-3-4-9-19(26)24-17-8-6-5-7-15(17)21-25(20(27)13-28-21)18-11-10-14(22)12-16(18)23/h5-8,10-12,21H,2-4,9,13H2,1H3,(H,24,26). The van der Waals surface area contributed by atoms with Crippen molar-refractivity contribution in [3.63, 3.8) is 0 Å². The molecule has 0 spiro atoms. The molecule has 1 N–H and O–H groups in total. The SMILES string of the molecule is CCCCCC(=O)Nc1ccccc1C1SCC(=O)N1c1ccc(F)cc1F. The quantitative estimate of drug-likeness (QED) is 0.640. The summed E-state index contributed by atoms with van der Waals surface area (Å²) in [6.45, 7) is 2.07. The number of amides is 2. The van der Waals surface area contributed by atoms with Crippen LogP contribution in [0.1, 0.15) is 43.5 Å². The predicted molar refractivity (Wildman–Crippen MR) is 108 cm³/mol. The minimum atomic E-state index is -0.790. The van der Waals surface area contributed by atoms with Crippen LogP contribution in [0.2, 0.25) is 0 Å². The Morgan fingerprint density at radius 3 is 2.75 bits per heavy atom. The molecule has 0 saturated carbocycles. The van der Waals surface area contributed by atoms with Crippen LogP contribution in [0.4, 0.5) is 20.2 Å². The summed E-state index contributed by atoms with van der Waals surface area (Å²) in [5, 5.41) is 2.41. The van der Waals surface area contributed by atoms with Crippen molar-refractivity contribution in [1.82, 2.24) is 0 Å². The number of nitrogens with zero attached hydrogens (tertiary/aromatic N) is 1. The molecule has 1 saturated heterocycles. The van der Waals surface area contributed by atoms with Crippen LogP contribution in [-0.2, 0) is 9.59 Å². The zero-order valence-electron chi connectivity index (χ0n) is 15.6. The van der Waals surface area contributed by atoms with Crippen LogP contribution in [-0.4, -0.2) is 17.6 Å². The van der Waals surface area contributed by atoms with Gasteiger partial charge in [0.2, 0.25) is 11.8 Å². The molecule has 2 aromatic carbocycles. The Hall–Kier alpha value is -2.41. The zero-order chi connectivity index (χ0) is 20.1. The van der Waals surface area contributed by atoms with E-state index < -0.39 is 17.0 Å². The van der Waals surface area contributed by atoms with Crippen LogP contribution in [0, 0.1) is 11.6 Å². The molecular weight excluding hydrogens is 382 g/mol. The van der Waals surface area contributed by atoms with Crippen molar-refractivity contribution in [3.05, 3.63) is 59.7 Å². The predicted octanol–water partition coefficient (Wildman–Crippen LogP) is 5.26. The minimum Gasteiger partial charge on any atom is -0.326 e. The van der Waals surface area contributed by atoms with E-state index in [0.717, 1.165) is 31.4 Å². The molecule has 1 fully saturated rings. The molecule has 1 heterocycles. The van der Waals surface area contributed by atoms with Crippen LogP contribution in [0.5, 0.6) is 0 Å². The number of carbonyl (C=O) groups excluding carboxylic acids is 2. The first-order valence-corrected chi connectivity index (χ1v) is 10.3. The highest BCUT2D eigenvalue weighted by Gasteiger charge is 2.36. The maximum absolute atomic E-state index is 14.3. The zero-order valence-corrected chi connectivity index (χ0v) is 16.4. The molecule has 2 aromatic rings. The van der Waals surface area contributed by atoms with Gasteiger partial charge in [0, 0.05) is 23.7 Å². The van der Waals surface area contributed by atoms with Crippen molar-refractivity contribution >= 4 is 35.0 Å². The molecule has 0 radical (unpaired) electrons. The third-order valence-corrected chi connectivity index (χ3v) is 5.74. The molecular formula is C21H22F2N2O2S. The number of anilines is 2. The van der Waals surface area contributed by atoms with Gasteiger partial charge in [-0.25, -0.2) is 8.78 Å². The van der Waals surface area contributed by atoms with Gasteiger partial charge in [0.1, 0.15) is 17.0 Å². The van der Waals surface area contributed by atoms with E-state index in [9.17, 15) is 18.4 Å². The molecule has 3 rings (SSSR count). The lowest BCUT2D eigenvalue weighted by Crippen LogP contribution is -2.29. The molecule has 0 aliphatic carbocycles. The molecule has 1 unspecified atom stereocenters. The van der Waals surface area contributed by atoms with E-state index in [-0.39, 0.29) is 23.3 Å². The highest BCUT2D eigenvalue weighted by atomic mass is 32.2. The molecule has 1 aliphatic rings. The van der Waals surface area contributed by atoms with Crippen molar-refractivity contribution < 1.29 is 18.4 Å². The first kappa shape index (κ1) is 20.3. The van der Waals surface area contributed by atoms with Crippen molar-refractivity contribution in [2.75, 3.05) is 16.0 Å². The number of benzene rings is 2. The number of rotatable bonds is 7. The van der Waals surface area contributed by atoms with Gasteiger partial charge in [0.05, 0.1) is 11.4 Å². The number of para-hydroxylation sites is 1. The van der Waals surface area contributed by atoms with Crippen LogP contribution >= 0.6 is 11.8 Å². The largest absolute Gasteiger partial charge is 0.326 e. The highest BCUT2D eigenvalue weighted by Crippen LogP contribution is 2.44. The lowest BCUT2D eigenvalue weighted by Gasteiger charge is -2.26. The van der Waals surface area contributed by atoms with Crippen molar-refractivity contribution in [2.24, 2.45) is 0 Å². The van der Waals surface area contributed by atoms with Crippen LogP contribution in [0.15, 0.2) is 42.5 Å². The number of nitrogens with one attached hydrogen (secondary N) is 1. The third-order valence-electron chi connectivity index (χ3n) is 4.55. The fourth-order valence-corrected chi connectivity index (χ4v) is 4.37. The second kappa shape index (κ2) is 9.19. The summed E-state index contributed by atoms with van der Waals surface area (Å²) in [7, 11) is 0. The molecule has 1 atom stereocenters. The molecule has 1 aliphatic heterocycles. The van der Waals surface area contributed by atoms with E-state index in [1.807, 2.05) is 12.1 Å². The molecule has 4 nitrogen and oxygen atoms in total. The maximum Gasteiger partial charge on any atom is 0.238 e. The van der Waals surface area contributed by atoms with Crippen LogP contribution < -0.4 is 10.2 Å². The summed E-state index contributed by atoms with van der Waals surface area (Å²) in [5.41, 5.74) is 1.35. The van der Waals surface area contributed by atoms with Gasteiger partial charge >= 0.3 is 0 Å². The average molecular weight is 404 g/mol. The number of thioether (sulfide) groups is 1. The monoisotopic (exact) mass is 404 g/mol. The Bertz CT molecular complexity index is 875. The summed E-state index contributed by atoms with van der Waals surface area (Å²) in [4.78, 5) is 26.1. The summed E-state index contributed by atoms with van der Waals surface area (Å²) < 4.78 is 27.6. The summed E-state index contributed by atoms with van der Waals surface area (Å²) in [6, 6.07) is 10.4. The number of hydrogen-bond acceptors (Lipinski definition) is 3. The van der Waals surface area contributed by atoms with Crippen LogP contribution in [0.3, 0.4) is 0 Å². The molecule has 7 heteroatoms. The Kier molecular flexibility index (Phi) is 6.67. The van der Waals surface area contributed by atoms with E-state index in [1.165, 1.54) is 22.7 Å². The van der Waals surface area contributed by atoms with E-state index in [2.05, 4.69) is 12.2 Å². The smallest absolute Gasteiger partial charge is 0.238 e. The van der Waals surface area contributed by atoms with E-state index >= 15 is 0 Å². The van der Waals surface area contributed by atoms with Crippen LogP contribution in [0.25, 0.3) is 0 Å². The number of halogens is 2. The molecule has 28 heavy (non-hydrogen) atoms. The molecule has 2 amide bonds. The van der Waals surface area contributed by atoms with Gasteiger partial charge in [-0.3, -0.25) is 14.5 Å². The number of unbranched alkanes of at least 4 members (excludes halogenated alkanes) is 2. The topological polar surface area (TPSA) is 49.4 Å². The maximum atomic E-state index is 14.3. The van der Waals surface area contributed by atoms with Crippen molar-refractivity contribution in [1.29, 1.82) is 0 Å². The third kappa shape index (κ3) is 4.52. The van der Waals surface area contributed by atoms with E-state index in [1.54, 1.807) is 12.1 Å². The lowest BCUT2D eigenvalue weighted by atomic mass is 10.1. The second-order valence-electron chi connectivity index (χ2n) is 6.62. The summed E-state index contributed by atoms with van der Waals surface area (Å²) >= 11 is 1.35. The Morgan fingerprint density at radius 2 is 2.00 bits per heavy atom. The van der Waals surface area contributed by atoms with Gasteiger partial charge in [-0.05, 0) is 24.6 Å². The first-order chi connectivity index (χ1) is 13.5. The normalized spacial score (nSPS) is 16.5. The fraction of sp³-hybridized carbons (Fsp3) is 0.333. The van der Waals surface area contributed by atoms with Gasteiger partial charge in [-0.2, -0.15) is 0 Å². The average Bonchev–Trinajstić information content (AvgIpc) is 3.04. The number of hydrogen-bond donors (Lipinski definition) is 1. The molecule has 0 bridgehead atoms. The Balaban J connectivity index is 1.87.